The molecule has 2 aromatic rings. The topological polar surface area (TPSA) is 67.4 Å². The summed E-state index contributed by atoms with van der Waals surface area (Å²) in [5, 5.41) is 3.25. The molecule has 0 unspecified atom stereocenters. The zero-order valence-electron chi connectivity index (χ0n) is 17.6. The van der Waals surface area contributed by atoms with Crippen LogP contribution in [-0.2, 0) is 22.4 Å². The fraction of sp³-hybridized carbons (Fsp3) is 0.522. The molecular weight excluding hydrogens is 364 g/mol. The molecule has 6 heteroatoms. The van der Waals surface area contributed by atoms with E-state index < -0.39 is 0 Å². The number of morpholine rings is 1. The van der Waals surface area contributed by atoms with Gasteiger partial charge in [-0.2, -0.15) is 0 Å². The van der Waals surface area contributed by atoms with Gasteiger partial charge in [-0.05, 0) is 36.3 Å². The summed E-state index contributed by atoms with van der Waals surface area (Å²) < 4.78 is 5.44. The molecule has 1 N–H and O–H groups in total. The Kier molecular flexibility index (Phi) is 5.54. The molecule has 154 valence electrons. The van der Waals surface area contributed by atoms with Gasteiger partial charge in [0.1, 0.15) is 0 Å². The van der Waals surface area contributed by atoms with Crippen molar-refractivity contribution in [3.05, 3.63) is 52.8 Å². The van der Waals surface area contributed by atoms with Crippen molar-refractivity contribution in [1.82, 2.24) is 15.3 Å². The Hall–Kier alpha value is -2.47. The van der Waals surface area contributed by atoms with Gasteiger partial charge < -0.3 is 15.0 Å². The molecule has 29 heavy (non-hydrogen) atoms. The number of ether oxygens (including phenoxy) is 1. The number of carbonyl (C=O) groups is 1. The van der Waals surface area contributed by atoms with Crippen LogP contribution in [0.2, 0.25) is 0 Å². The summed E-state index contributed by atoms with van der Waals surface area (Å²) in [6, 6.07) is 7.99. The molecule has 1 saturated heterocycles. The second-order valence-electron chi connectivity index (χ2n) is 8.94. The van der Waals surface area contributed by atoms with Crippen LogP contribution in [0.25, 0.3) is 0 Å². The van der Waals surface area contributed by atoms with E-state index in [1.165, 1.54) is 0 Å². The third-order valence-electron chi connectivity index (χ3n) is 5.91. The average Bonchev–Trinajstić information content (AvgIpc) is 2.69. The van der Waals surface area contributed by atoms with Gasteiger partial charge in [0.15, 0.2) is 0 Å². The molecule has 1 aliphatic carbocycles. The fourth-order valence-corrected chi connectivity index (χ4v) is 4.31. The molecule has 0 bridgehead atoms. The monoisotopic (exact) mass is 394 g/mol. The third-order valence-corrected chi connectivity index (χ3v) is 5.91. The standard InChI is InChI=1S/C23H30N4O2/c1-16-6-4-5-7-17(16)12-21(28)25-19-13-23(2,3)14-20-18(19)15-24-22(26-20)27-8-10-29-11-9-27/h4-7,15,19H,8-14H2,1-3H3,(H,25,28)/t19-/m0/s1. The van der Waals surface area contributed by atoms with E-state index >= 15 is 0 Å². The van der Waals surface area contributed by atoms with Gasteiger partial charge in [0, 0.05) is 24.8 Å². The van der Waals surface area contributed by atoms with Crippen molar-refractivity contribution in [3.63, 3.8) is 0 Å². The van der Waals surface area contributed by atoms with Gasteiger partial charge in [-0.25, -0.2) is 9.97 Å². The van der Waals surface area contributed by atoms with Crippen molar-refractivity contribution in [1.29, 1.82) is 0 Å². The fourth-order valence-electron chi connectivity index (χ4n) is 4.31. The van der Waals surface area contributed by atoms with Gasteiger partial charge >= 0.3 is 0 Å². The number of benzene rings is 1. The molecule has 1 amide bonds. The number of aryl methyl sites for hydroxylation is 1. The van der Waals surface area contributed by atoms with Crippen LogP contribution in [0, 0.1) is 12.3 Å². The lowest BCUT2D eigenvalue weighted by atomic mass is 9.74. The van der Waals surface area contributed by atoms with E-state index in [-0.39, 0.29) is 17.4 Å². The average molecular weight is 395 g/mol. The first-order chi connectivity index (χ1) is 13.9. The molecule has 4 rings (SSSR count). The summed E-state index contributed by atoms with van der Waals surface area (Å²) >= 11 is 0. The minimum absolute atomic E-state index is 0.0465. The number of rotatable bonds is 4. The van der Waals surface area contributed by atoms with Crippen molar-refractivity contribution in [2.24, 2.45) is 5.41 Å². The lowest BCUT2D eigenvalue weighted by Gasteiger charge is -2.37. The zero-order chi connectivity index (χ0) is 20.4. The molecule has 1 atom stereocenters. The normalized spacial score (nSPS) is 20.8. The van der Waals surface area contributed by atoms with Crippen LogP contribution in [0.3, 0.4) is 0 Å². The van der Waals surface area contributed by atoms with E-state index in [1.807, 2.05) is 37.4 Å². The Morgan fingerprint density at radius 2 is 2.03 bits per heavy atom. The van der Waals surface area contributed by atoms with Crippen LogP contribution in [0.4, 0.5) is 5.95 Å². The van der Waals surface area contributed by atoms with Gasteiger partial charge in [-0.1, -0.05) is 38.1 Å². The second kappa shape index (κ2) is 8.11. The second-order valence-corrected chi connectivity index (χ2v) is 8.94. The molecule has 2 aliphatic rings. The van der Waals surface area contributed by atoms with Gasteiger partial charge in [0.2, 0.25) is 11.9 Å². The Bertz CT molecular complexity index is 890. The van der Waals surface area contributed by atoms with Crippen molar-refractivity contribution in [2.45, 2.75) is 46.1 Å². The maximum Gasteiger partial charge on any atom is 0.225 e. The lowest BCUT2D eigenvalue weighted by molar-refractivity contribution is -0.121. The predicted octanol–water partition coefficient (Wildman–Crippen LogP) is 2.99. The van der Waals surface area contributed by atoms with E-state index in [0.29, 0.717) is 19.6 Å². The number of aromatic nitrogens is 2. The first-order valence-corrected chi connectivity index (χ1v) is 10.4. The molecule has 2 heterocycles. The number of anilines is 1. The number of fused-ring (bicyclic) bond motifs is 1. The van der Waals surface area contributed by atoms with E-state index in [0.717, 1.165) is 54.3 Å². The van der Waals surface area contributed by atoms with E-state index in [4.69, 9.17) is 9.72 Å². The van der Waals surface area contributed by atoms with Crippen LogP contribution in [0.1, 0.15) is 48.7 Å². The highest BCUT2D eigenvalue weighted by Crippen LogP contribution is 2.40. The van der Waals surface area contributed by atoms with E-state index in [9.17, 15) is 4.79 Å². The van der Waals surface area contributed by atoms with Gasteiger partial charge in [-0.3, -0.25) is 4.79 Å². The molecule has 0 radical (unpaired) electrons. The highest BCUT2D eigenvalue weighted by Gasteiger charge is 2.35. The van der Waals surface area contributed by atoms with Gasteiger partial charge in [0.05, 0.1) is 31.4 Å². The highest BCUT2D eigenvalue weighted by molar-refractivity contribution is 5.79. The largest absolute Gasteiger partial charge is 0.378 e. The minimum atomic E-state index is -0.0518. The number of hydrogen-bond acceptors (Lipinski definition) is 5. The Morgan fingerprint density at radius 3 is 2.79 bits per heavy atom. The molecule has 1 aromatic carbocycles. The molecule has 1 aromatic heterocycles. The third kappa shape index (κ3) is 4.58. The maximum atomic E-state index is 12.8. The summed E-state index contributed by atoms with van der Waals surface area (Å²) in [4.78, 5) is 24.5. The molecule has 6 nitrogen and oxygen atoms in total. The van der Waals surface area contributed by atoms with Gasteiger partial charge in [-0.15, -0.1) is 0 Å². The molecule has 1 fully saturated rings. The Labute approximate surface area is 172 Å². The first-order valence-electron chi connectivity index (χ1n) is 10.4. The van der Waals surface area contributed by atoms with Gasteiger partial charge in [0.25, 0.3) is 0 Å². The molecule has 0 spiro atoms. The van der Waals surface area contributed by atoms with Crippen LogP contribution >= 0.6 is 0 Å². The number of nitrogens with one attached hydrogen (secondary N) is 1. The van der Waals surface area contributed by atoms with Crippen LogP contribution in [0.5, 0.6) is 0 Å². The molecule has 0 saturated carbocycles. The highest BCUT2D eigenvalue weighted by atomic mass is 16.5. The summed E-state index contributed by atoms with van der Waals surface area (Å²) in [5.41, 5.74) is 4.40. The molecule has 1 aliphatic heterocycles. The Morgan fingerprint density at radius 1 is 1.28 bits per heavy atom. The minimum Gasteiger partial charge on any atom is -0.378 e. The predicted molar refractivity (Wildman–Crippen MR) is 113 cm³/mol. The van der Waals surface area contributed by atoms with Crippen molar-refractivity contribution >= 4 is 11.9 Å². The summed E-state index contributed by atoms with van der Waals surface area (Å²) in [5.74, 6) is 0.819. The first kappa shape index (κ1) is 19.8. The zero-order valence-corrected chi connectivity index (χ0v) is 17.6. The number of nitrogens with zero attached hydrogens (tertiary/aromatic N) is 3. The van der Waals surface area contributed by atoms with Crippen LogP contribution in [0.15, 0.2) is 30.5 Å². The number of hydrogen-bond donors (Lipinski definition) is 1. The number of carbonyl (C=O) groups excluding carboxylic acids is 1. The lowest BCUT2D eigenvalue weighted by Crippen LogP contribution is -2.40. The summed E-state index contributed by atoms with van der Waals surface area (Å²) in [7, 11) is 0. The van der Waals surface area contributed by atoms with Crippen molar-refractivity contribution in [3.8, 4) is 0 Å². The SMILES string of the molecule is Cc1ccccc1CC(=O)N[C@H]1CC(C)(C)Cc2nc(N3CCOCC3)ncc21. The van der Waals surface area contributed by atoms with E-state index in [2.05, 4.69) is 29.0 Å². The van der Waals surface area contributed by atoms with Crippen LogP contribution < -0.4 is 10.2 Å². The smallest absolute Gasteiger partial charge is 0.225 e. The van der Waals surface area contributed by atoms with E-state index in [1.54, 1.807) is 0 Å². The summed E-state index contributed by atoms with van der Waals surface area (Å²) in [6.45, 7) is 9.59. The quantitative estimate of drug-likeness (QED) is 0.864. The van der Waals surface area contributed by atoms with Crippen LogP contribution in [-0.4, -0.2) is 42.2 Å². The summed E-state index contributed by atoms with van der Waals surface area (Å²) in [6.07, 6.45) is 4.10. The Balaban J connectivity index is 1.54. The van der Waals surface area contributed by atoms with Crippen molar-refractivity contribution < 1.29 is 9.53 Å². The van der Waals surface area contributed by atoms with Crippen molar-refractivity contribution in [2.75, 3.05) is 31.2 Å². The molecular formula is C23H30N4O2. The number of amides is 1. The maximum absolute atomic E-state index is 12.8.